The maximum atomic E-state index is 12.1. The predicted molar refractivity (Wildman–Crippen MR) is 63.0 cm³/mol. The first kappa shape index (κ1) is 11.9. The zero-order valence-corrected chi connectivity index (χ0v) is 9.71. The van der Waals surface area contributed by atoms with Crippen LogP contribution in [0.1, 0.15) is 42.6 Å². The summed E-state index contributed by atoms with van der Waals surface area (Å²) in [5, 5.41) is 0. The van der Waals surface area contributed by atoms with Gasteiger partial charge in [0, 0.05) is 5.56 Å². The summed E-state index contributed by atoms with van der Waals surface area (Å²) in [6.07, 6.45) is 1.35. The van der Waals surface area contributed by atoms with Gasteiger partial charge in [0.2, 0.25) is 0 Å². The number of ketones is 1. The second kappa shape index (κ2) is 4.58. The quantitative estimate of drug-likeness (QED) is 0.768. The fourth-order valence-electron chi connectivity index (χ4n) is 1.56. The molecule has 0 aliphatic heterocycles. The number of hydrogen-bond donors (Lipinski definition) is 1. The van der Waals surface area contributed by atoms with Crippen LogP contribution in [-0.2, 0) is 0 Å². The highest BCUT2D eigenvalue weighted by atomic mass is 16.1. The summed E-state index contributed by atoms with van der Waals surface area (Å²) in [7, 11) is 0. The molecule has 0 radical (unpaired) electrons. The first-order valence-electron chi connectivity index (χ1n) is 5.44. The van der Waals surface area contributed by atoms with Gasteiger partial charge in [0.15, 0.2) is 5.78 Å². The molecule has 0 heterocycles. The van der Waals surface area contributed by atoms with Crippen molar-refractivity contribution in [2.24, 2.45) is 5.73 Å². The highest BCUT2D eigenvalue weighted by Gasteiger charge is 2.30. The van der Waals surface area contributed by atoms with E-state index in [1.165, 1.54) is 0 Å². The van der Waals surface area contributed by atoms with Gasteiger partial charge in [-0.3, -0.25) is 4.79 Å². The molecule has 15 heavy (non-hydrogen) atoms. The minimum Gasteiger partial charge on any atom is -0.319 e. The molecular formula is C13H19NO. The third-order valence-corrected chi connectivity index (χ3v) is 3.03. The van der Waals surface area contributed by atoms with Crippen molar-refractivity contribution in [3.05, 3.63) is 35.4 Å². The third-order valence-electron chi connectivity index (χ3n) is 3.03. The number of carbonyl (C=O) groups excluding carboxylic acids is 1. The molecule has 0 aliphatic rings. The van der Waals surface area contributed by atoms with E-state index in [0.717, 1.165) is 5.56 Å². The summed E-state index contributed by atoms with van der Waals surface area (Å²) in [6.45, 7) is 5.91. The van der Waals surface area contributed by atoms with Crippen LogP contribution in [0.5, 0.6) is 0 Å². The largest absolute Gasteiger partial charge is 0.319 e. The van der Waals surface area contributed by atoms with Crippen LogP contribution >= 0.6 is 0 Å². The molecule has 0 bridgehead atoms. The minimum absolute atomic E-state index is 0.0486. The van der Waals surface area contributed by atoms with E-state index in [1.807, 2.05) is 45.0 Å². The number of hydrogen-bond acceptors (Lipinski definition) is 2. The van der Waals surface area contributed by atoms with Crippen molar-refractivity contribution >= 4 is 5.78 Å². The second-order valence-electron chi connectivity index (χ2n) is 4.06. The van der Waals surface area contributed by atoms with Crippen LogP contribution in [0.15, 0.2) is 24.3 Å². The molecular weight excluding hydrogens is 186 g/mol. The zero-order valence-electron chi connectivity index (χ0n) is 9.71. The lowest BCUT2D eigenvalue weighted by Crippen LogP contribution is -2.46. The Balaban J connectivity index is 2.98. The summed E-state index contributed by atoms with van der Waals surface area (Å²) in [5.41, 5.74) is 7.23. The molecule has 2 nitrogen and oxygen atoms in total. The van der Waals surface area contributed by atoms with Crippen LogP contribution in [0.4, 0.5) is 0 Å². The smallest absolute Gasteiger partial charge is 0.182 e. The third kappa shape index (κ3) is 2.45. The van der Waals surface area contributed by atoms with Crippen LogP contribution < -0.4 is 5.73 Å². The van der Waals surface area contributed by atoms with Crippen LogP contribution in [0, 0.1) is 6.92 Å². The van der Waals surface area contributed by atoms with E-state index in [2.05, 4.69) is 0 Å². The lowest BCUT2D eigenvalue weighted by atomic mass is 9.85. The van der Waals surface area contributed by atoms with E-state index >= 15 is 0 Å². The van der Waals surface area contributed by atoms with Crippen LogP contribution in [0.2, 0.25) is 0 Å². The molecule has 0 spiro atoms. The summed E-state index contributed by atoms with van der Waals surface area (Å²) < 4.78 is 0. The average molecular weight is 205 g/mol. The second-order valence-corrected chi connectivity index (χ2v) is 4.06. The molecule has 0 amide bonds. The molecule has 0 aromatic heterocycles. The molecule has 1 aromatic rings. The van der Waals surface area contributed by atoms with Gasteiger partial charge in [-0.25, -0.2) is 0 Å². The average Bonchev–Trinajstić information content (AvgIpc) is 2.28. The Morgan fingerprint density at radius 2 is 1.67 bits per heavy atom. The first-order valence-corrected chi connectivity index (χ1v) is 5.44. The first-order chi connectivity index (χ1) is 7.03. The lowest BCUT2D eigenvalue weighted by molar-refractivity contribution is 0.0879. The Labute approximate surface area is 91.5 Å². The van der Waals surface area contributed by atoms with Crippen LogP contribution in [0.25, 0.3) is 0 Å². The highest BCUT2D eigenvalue weighted by Crippen LogP contribution is 2.18. The van der Waals surface area contributed by atoms with Gasteiger partial charge in [0.05, 0.1) is 5.54 Å². The molecule has 0 saturated carbocycles. The molecule has 2 N–H and O–H groups in total. The topological polar surface area (TPSA) is 43.1 Å². The van der Waals surface area contributed by atoms with Crippen molar-refractivity contribution in [3.63, 3.8) is 0 Å². The van der Waals surface area contributed by atoms with E-state index in [0.29, 0.717) is 18.4 Å². The van der Waals surface area contributed by atoms with Crippen LogP contribution in [0.3, 0.4) is 0 Å². The van der Waals surface area contributed by atoms with Crippen molar-refractivity contribution in [2.45, 2.75) is 39.2 Å². The van der Waals surface area contributed by atoms with E-state index in [1.54, 1.807) is 0 Å². The number of carbonyl (C=O) groups is 1. The molecule has 2 heteroatoms. The van der Waals surface area contributed by atoms with Crippen molar-refractivity contribution in [3.8, 4) is 0 Å². The fourth-order valence-corrected chi connectivity index (χ4v) is 1.56. The van der Waals surface area contributed by atoms with Gasteiger partial charge in [-0.1, -0.05) is 43.7 Å². The normalized spacial score (nSPS) is 11.5. The molecule has 0 atom stereocenters. The van der Waals surface area contributed by atoms with E-state index < -0.39 is 5.54 Å². The van der Waals surface area contributed by atoms with E-state index in [-0.39, 0.29) is 5.78 Å². The van der Waals surface area contributed by atoms with Gasteiger partial charge in [0.25, 0.3) is 0 Å². The lowest BCUT2D eigenvalue weighted by Gasteiger charge is -2.24. The van der Waals surface area contributed by atoms with Gasteiger partial charge in [-0.15, -0.1) is 0 Å². The van der Waals surface area contributed by atoms with Crippen molar-refractivity contribution in [1.82, 2.24) is 0 Å². The molecule has 0 fully saturated rings. The maximum absolute atomic E-state index is 12.1. The minimum atomic E-state index is -0.699. The number of nitrogens with two attached hydrogens (primary N) is 1. The SMILES string of the molecule is CCC(N)(CC)C(=O)c1ccc(C)cc1. The summed E-state index contributed by atoms with van der Waals surface area (Å²) in [4.78, 5) is 12.1. The number of rotatable bonds is 4. The van der Waals surface area contributed by atoms with Crippen molar-refractivity contribution in [2.75, 3.05) is 0 Å². The van der Waals surface area contributed by atoms with Crippen LogP contribution in [-0.4, -0.2) is 11.3 Å². The molecule has 1 rings (SSSR count). The Hall–Kier alpha value is -1.15. The van der Waals surface area contributed by atoms with E-state index in [9.17, 15) is 4.79 Å². The summed E-state index contributed by atoms with van der Waals surface area (Å²) >= 11 is 0. The Bertz CT molecular complexity index is 336. The highest BCUT2D eigenvalue weighted by molar-refractivity contribution is 6.03. The summed E-state index contributed by atoms with van der Waals surface area (Å²) in [6, 6.07) is 7.59. The Kier molecular flexibility index (Phi) is 3.64. The van der Waals surface area contributed by atoms with Gasteiger partial charge < -0.3 is 5.73 Å². The molecule has 82 valence electrons. The molecule has 0 saturated heterocycles. The monoisotopic (exact) mass is 205 g/mol. The predicted octanol–water partition coefficient (Wildman–Crippen LogP) is 2.70. The maximum Gasteiger partial charge on any atom is 0.182 e. The number of Topliss-reactive ketones (excluding diaryl/α,β-unsaturated/α-hetero) is 1. The van der Waals surface area contributed by atoms with Gasteiger partial charge >= 0.3 is 0 Å². The zero-order chi connectivity index (χ0) is 11.5. The van der Waals surface area contributed by atoms with Gasteiger partial charge in [-0.05, 0) is 19.8 Å². The van der Waals surface area contributed by atoms with E-state index in [4.69, 9.17) is 5.73 Å². The van der Waals surface area contributed by atoms with Crippen molar-refractivity contribution in [1.29, 1.82) is 0 Å². The fraction of sp³-hybridized carbons (Fsp3) is 0.462. The Morgan fingerprint density at radius 1 is 1.20 bits per heavy atom. The standard InChI is InChI=1S/C13H19NO/c1-4-13(14,5-2)12(15)11-8-6-10(3)7-9-11/h6-9H,4-5,14H2,1-3H3. The molecule has 0 unspecified atom stereocenters. The van der Waals surface area contributed by atoms with Gasteiger partial charge in [0.1, 0.15) is 0 Å². The molecule has 0 aliphatic carbocycles. The van der Waals surface area contributed by atoms with Crippen molar-refractivity contribution < 1.29 is 4.79 Å². The van der Waals surface area contributed by atoms with Gasteiger partial charge in [-0.2, -0.15) is 0 Å². The molecule has 1 aromatic carbocycles. The number of aryl methyl sites for hydroxylation is 1. The number of benzene rings is 1. The summed E-state index contributed by atoms with van der Waals surface area (Å²) in [5.74, 6) is 0.0486. The Morgan fingerprint density at radius 3 is 2.07 bits per heavy atom.